The Morgan fingerprint density at radius 3 is 2.32 bits per heavy atom. The quantitative estimate of drug-likeness (QED) is 0.268. The van der Waals surface area contributed by atoms with E-state index >= 15 is 0 Å². The number of allylic oxidation sites excluding steroid dienone is 2. The smallest absolute Gasteiger partial charge is 0.437 e. The molecule has 2 aromatic carbocycles. The minimum atomic E-state index is -0.825. The van der Waals surface area contributed by atoms with Crippen molar-refractivity contribution in [2.45, 2.75) is 12.8 Å². The summed E-state index contributed by atoms with van der Waals surface area (Å²) in [5.41, 5.74) is 1.54. The van der Waals surface area contributed by atoms with Crippen LogP contribution in [0.3, 0.4) is 0 Å². The molecule has 25 heavy (non-hydrogen) atoms. The third-order valence-electron chi connectivity index (χ3n) is 3.92. The predicted molar refractivity (Wildman–Crippen MR) is 94.4 cm³/mol. The number of carbonyl (C=O) groups is 2. The Hall–Kier alpha value is -2.79. The van der Waals surface area contributed by atoms with Gasteiger partial charge in [-0.25, -0.2) is 9.59 Å². The number of hydrogen-bond donors (Lipinski definition) is 0. The topological polar surface area (TPSA) is 61.8 Å². The second kappa shape index (κ2) is 6.99. The molecule has 5 nitrogen and oxygen atoms in total. The van der Waals surface area contributed by atoms with Crippen LogP contribution >= 0.6 is 11.6 Å². The van der Waals surface area contributed by atoms with Gasteiger partial charge in [0, 0.05) is 33.0 Å². The summed E-state index contributed by atoms with van der Waals surface area (Å²) in [6.45, 7) is 3.44. The highest BCUT2D eigenvalue weighted by Crippen LogP contribution is 2.44. The van der Waals surface area contributed by atoms with Gasteiger partial charge in [0.1, 0.15) is 11.5 Å². The molecule has 1 aliphatic rings. The molecule has 128 valence electrons. The lowest BCUT2D eigenvalue weighted by Crippen LogP contribution is -2.14. The lowest BCUT2D eigenvalue weighted by Gasteiger charge is -2.21. The number of methoxy groups -OCH3 is 1. The normalized spacial score (nSPS) is 12.4. The fraction of sp³-hybridized carbons (Fsp3) is 0.158. The van der Waals surface area contributed by atoms with Crippen LogP contribution in [0.25, 0.3) is 10.8 Å². The van der Waals surface area contributed by atoms with E-state index in [1.807, 2.05) is 12.2 Å². The average molecular weight is 359 g/mol. The molecule has 6 heteroatoms. The standard InChI is InChI=1S/C19H15ClO5/c1-3-16(21)24-17-12-6-4-5-7-13(12)18(25-19(22)23-2)15-10-11(20)8-9-14(15)17/h3-5,8-10H,1,6-7H2,2H3. The van der Waals surface area contributed by atoms with Crippen LogP contribution in [0, 0.1) is 0 Å². The minimum absolute atomic E-state index is 0.363. The van der Waals surface area contributed by atoms with Gasteiger partial charge in [0.2, 0.25) is 0 Å². The zero-order valence-electron chi connectivity index (χ0n) is 13.5. The molecular weight excluding hydrogens is 344 g/mol. The first-order valence-electron chi connectivity index (χ1n) is 7.57. The molecular formula is C19H15ClO5. The number of halogens is 1. The number of rotatable bonds is 3. The van der Waals surface area contributed by atoms with Crippen molar-refractivity contribution in [1.29, 1.82) is 0 Å². The van der Waals surface area contributed by atoms with E-state index in [4.69, 9.17) is 21.1 Å². The Kier molecular flexibility index (Phi) is 4.76. The second-order valence-electron chi connectivity index (χ2n) is 5.37. The van der Waals surface area contributed by atoms with Gasteiger partial charge in [0.15, 0.2) is 0 Å². The fourth-order valence-corrected chi connectivity index (χ4v) is 3.01. The molecule has 0 unspecified atom stereocenters. The molecule has 0 heterocycles. The largest absolute Gasteiger partial charge is 0.513 e. The zero-order valence-corrected chi connectivity index (χ0v) is 14.3. The second-order valence-corrected chi connectivity index (χ2v) is 5.80. The van der Waals surface area contributed by atoms with Crippen molar-refractivity contribution in [3.63, 3.8) is 0 Å². The van der Waals surface area contributed by atoms with Crippen LogP contribution in [0.1, 0.15) is 11.1 Å². The number of fused-ring (bicyclic) bond motifs is 2. The van der Waals surface area contributed by atoms with Gasteiger partial charge < -0.3 is 14.2 Å². The highest BCUT2D eigenvalue weighted by Gasteiger charge is 2.25. The van der Waals surface area contributed by atoms with Gasteiger partial charge in [0.25, 0.3) is 0 Å². The summed E-state index contributed by atoms with van der Waals surface area (Å²) in [7, 11) is 1.24. The predicted octanol–water partition coefficient (Wildman–Crippen LogP) is 4.38. The summed E-state index contributed by atoms with van der Waals surface area (Å²) in [5.74, 6) is 0.227. The minimum Gasteiger partial charge on any atom is -0.437 e. The van der Waals surface area contributed by atoms with E-state index < -0.39 is 12.1 Å². The third kappa shape index (κ3) is 3.23. The van der Waals surface area contributed by atoms with Crippen molar-refractivity contribution in [2.24, 2.45) is 0 Å². The van der Waals surface area contributed by atoms with E-state index in [9.17, 15) is 9.59 Å². The van der Waals surface area contributed by atoms with Gasteiger partial charge in [-0.2, -0.15) is 0 Å². The molecule has 0 amide bonds. The number of carbonyl (C=O) groups excluding carboxylic acids is 2. The number of hydrogen-bond acceptors (Lipinski definition) is 5. The monoisotopic (exact) mass is 358 g/mol. The first-order valence-corrected chi connectivity index (χ1v) is 7.95. The first-order chi connectivity index (χ1) is 12.0. The molecule has 0 aliphatic heterocycles. The van der Waals surface area contributed by atoms with Crippen molar-refractivity contribution in [1.82, 2.24) is 0 Å². The van der Waals surface area contributed by atoms with Crippen molar-refractivity contribution < 1.29 is 23.8 Å². The molecule has 3 rings (SSSR count). The maximum absolute atomic E-state index is 11.8. The lowest BCUT2D eigenvalue weighted by atomic mass is 9.90. The highest BCUT2D eigenvalue weighted by molar-refractivity contribution is 6.31. The van der Waals surface area contributed by atoms with Crippen LogP contribution in [0.2, 0.25) is 5.02 Å². The number of ether oxygens (including phenoxy) is 3. The molecule has 0 aromatic heterocycles. The highest BCUT2D eigenvalue weighted by atomic mass is 35.5. The van der Waals surface area contributed by atoms with Gasteiger partial charge >= 0.3 is 12.1 Å². The van der Waals surface area contributed by atoms with Crippen molar-refractivity contribution in [3.05, 3.63) is 59.2 Å². The molecule has 0 bridgehead atoms. The van der Waals surface area contributed by atoms with Crippen LogP contribution in [0.5, 0.6) is 11.5 Å². The molecule has 0 spiro atoms. The third-order valence-corrected chi connectivity index (χ3v) is 4.15. The SMILES string of the molecule is C=CC(=O)Oc1c2c(c(OC(=O)OC)c3cc(Cl)ccc13)CC=CC2. The van der Waals surface area contributed by atoms with E-state index in [-0.39, 0.29) is 0 Å². The molecule has 1 aliphatic carbocycles. The first kappa shape index (κ1) is 17.0. The zero-order chi connectivity index (χ0) is 18.0. The van der Waals surface area contributed by atoms with Crippen LogP contribution in [-0.2, 0) is 22.4 Å². The Balaban J connectivity index is 2.33. The van der Waals surface area contributed by atoms with Gasteiger partial charge in [0.05, 0.1) is 7.11 Å². The fourth-order valence-electron chi connectivity index (χ4n) is 2.84. The van der Waals surface area contributed by atoms with Gasteiger partial charge in [-0.05, 0) is 31.0 Å². The summed E-state index contributed by atoms with van der Waals surface area (Å²) in [4.78, 5) is 23.5. The Labute approximate surface area is 149 Å². The maximum atomic E-state index is 11.8. The molecule has 0 fully saturated rings. The van der Waals surface area contributed by atoms with Crippen LogP contribution in [0.4, 0.5) is 4.79 Å². The Morgan fingerprint density at radius 1 is 1.08 bits per heavy atom. The van der Waals surface area contributed by atoms with E-state index in [1.165, 1.54) is 7.11 Å². The van der Waals surface area contributed by atoms with Crippen LogP contribution < -0.4 is 9.47 Å². The summed E-state index contributed by atoms with van der Waals surface area (Å²) >= 11 is 6.12. The van der Waals surface area contributed by atoms with Gasteiger partial charge in [-0.3, -0.25) is 0 Å². The molecule has 0 saturated carbocycles. The molecule has 2 aromatic rings. The summed E-state index contributed by atoms with van der Waals surface area (Å²) in [5, 5.41) is 1.65. The van der Waals surface area contributed by atoms with E-state index in [1.54, 1.807) is 18.2 Å². The van der Waals surface area contributed by atoms with E-state index in [2.05, 4.69) is 11.3 Å². The summed E-state index contributed by atoms with van der Waals surface area (Å²) < 4.78 is 15.5. The summed E-state index contributed by atoms with van der Waals surface area (Å²) in [6, 6.07) is 5.08. The lowest BCUT2D eigenvalue weighted by molar-refractivity contribution is -0.128. The van der Waals surface area contributed by atoms with Crippen molar-refractivity contribution in [3.8, 4) is 11.5 Å². The molecule has 0 saturated heterocycles. The number of esters is 1. The van der Waals surface area contributed by atoms with Gasteiger partial charge in [-0.15, -0.1) is 0 Å². The average Bonchev–Trinajstić information content (AvgIpc) is 2.63. The molecule has 0 atom stereocenters. The Bertz CT molecular complexity index is 914. The van der Waals surface area contributed by atoms with Crippen molar-refractivity contribution >= 4 is 34.5 Å². The summed E-state index contributed by atoms with van der Waals surface area (Å²) in [6.07, 6.45) is 5.28. The van der Waals surface area contributed by atoms with E-state index in [0.717, 1.165) is 17.2 Å². The molecule has 0 N–H and O–H groups in total. The van der Waals surface area contributed by atoms with Crippen LogP contribution in [-0.4, -0.2) is 19.2 Å². The number of benzene rings is 2. The Morgan fingerprint density at radius 2 is 1.72 bits per heavy atom. The molecule has 0 radical (unpaired) electrons. The van der Waals surface area contributed by atoms with Crippen LogP contribution in [0.15, 0.2) is 43.0 Å². The van der Waals surface area contributed by atoms with Gasteiger partial charge in [-0.1, -0.05) is 30.3 Å². The van der Waals surface area contributed by atoms with Crippen molar-refractivity contribution in [2.75, 3.05) is 7.11 Å². The van der Waals surface area contributed by atoms with E-state index in [0.29, 0.717) is 40.1 Å². The maximum Gasteiger partial charge on any atom is 0.513 e.